The van der Waals surface area contributed by atoms with Crippen LogP contribution in [0.2, 0.25) is 5.28 Å². The number of hydrogen-bond acceptors (Lipinski definition) is 5. The number of nitrogens with one attached hydrogen (secondary N) is 1. The van der Waals surface area contributed by atoms with E-state index in [-0.39, 0.29) is 16.7 Å². The number of carbonyl (C=O) groups excluding carboxylic acids is 1. The zero-order chi connectivity index (χ0) is 20.9. The van der Waals surface area contributed by atoms with Crippen molar-refractivity contribution in [2.75, 3.05) is 18.0 Å². The maximum absolute atomic E-state index is 14.4. The van der Waals surface area contributed by atoms with Crippen molar-refractivity contribution in [1.29, 1.82) is 0 Å². The maximum Gasteiger partial charge on any atom is 0.408 e. The molecule has 1 aliphatic heterocycles. The number of fused-ring (bicyclic) bond motifs is 1. The third-order valence-corrected chi connectivity index (χ3v) is 5.52. The summed E-state index contributed by atoms with van der Waals surface area (Å²) in [6.07, 6.45) is -0.446. The number of rotatable bonds is 3. The quantitative estimate of drug-likeness (QED) is 0.641. The van der Waals surface area contributed by atoms with Gasteiger partial charge in [-0.2, -0.15) is 4.98 Å². The minimum absolute atomic E-state index is 0.00547. The number of ether oxygens (including phenoxy) is 1. The van der Waals surface area contributed by atoms with E-state index in [0.717, 1.165) is 0 Å². The number of halogens is 3. The molecule has 1 aromatic carbocycles. The maximum atomic E-state index is 14.4. The molecule has 9 heteroatoms. The van der Waals surface area contributed by atoms with Crippen molar-refractivity contribution in [2.24, 2.45) is 5.92 Å². The predicted octanol–water partition coefficient (Wildman–Crippen LogP) is 4.92. The molecule has 1 fully saturated rings. The molecule has 3 rings (SSSR count). The van der Waals surface area contributed by atoms with Crippen molar-refractivity contribution in [3.05, 3.63) is 27.7 Å². The summed E-state index contributed by atoms with van der Waals surface area (Å²) in [6, 6.07) is 3.40. The number of nitrogens with zero attached hydrogens (tertiary/aromatic N) is 3. The van der Waals surface area contributed by atoms with Gasteiger partial charge in [0, 0.05) is 29.9 Å². The standard InChI is InChI=1S/C19H23BrClFN4O2/c1-18(2,3)28-17(27)25-19(4,5)10-8-26(9-10)15-11-6-7-12(20)13(22)14(11)23-16(21)24-15/h6-7,10H,8-9H2,1-5H3,(H,25,27). The van der Waals surface area contributed by atoms with Gasteiger partial charge in [-0.15, -0.1) is 0 Å². The van der Waals surface area contributed by atoms with Crippen LogP contribution in [0.15, 0.2) is 16.6 Å². The Balaban J connectivity index is 1.76. The number of anilines is 1. The Morgan fingerprint density at radius 3 is 2.54 bits per heavy atom. The average Bonchev–Trinajstić information content (AvgIpc) is 2.46. The second-order valence-corrected chi connectivity index (χ2v) is 9.72. The second-order valence-electron chi connectivity index (χ2n) is 8.52. The third kappa shape index (κ3) is 4.33. The average molecular weight is 474 g/mol. The monoisotopic (exact) mass is 472 g/mol. The SMILES string of the molecule is CC(C)(C)OC(=O)NC(C)(C)C1CN(c2nc(Cl)nc3c(F)c(Br)ccc23)C1. The summed E-state index contributed by atoms with van der Waals surface area (Å²) in [7, 11) is 0. The third-order valence-electron chi connectivity index (χ3n) is 4.74. The van der Waals surface area contributed by atoms with E-state index in [1.54, 1.807) is 12.1 Å². The summed E-state index contributed by atoms with van der Waals surface area (Å²) in [6.45, 7) is 10.7. The van der Waals surface area contributed by atoms with E-state index in [1.807, 2.05) is 39.5 Å². The zero-order valence-electron chi connectivity index (χ0n) is 16.4. The van der Waals surface area contributed by atoms with Gasteiger partial charge in [0.15, 0.2) is 5.82 Å². The van der Waals surface area contributed by atoms with Gasteiger partial charge in [0.25, 0.3) is 0 Å². The molecule has 0 spiro atoms. The highest BCUT2D eigenvalue weighted by atomic mass is 79.9. The van der Waals surface area contributed by atoms with Gasteiger partial charge in [-0.1, -0.05) is 0 Å². The fourth-order valence-corrected chi connectivity index (χ4v) is 3.60. The number of alkyl carbamates (subject to hydrolysis) is 1. The largest absolute Gasteiger partial charge is 0.444 e. The fraction of sp³-hybridized carbons (Fsp3) is 0.526. The fourth-order valence-electron chi connectivity index (χ4n) is 3.11. The van der Waals surface area contributed by atoms with Crippen LogP contribution in [0.5, 0.6) is 0 Å². The van der Waals surface area contributed by atoms with Gasteiger partial charge < -0.3 is 15.0 Å². The van der Waals surface area contributed by atoms with Gasteiger partial charge in [0.2, 0.25) is 5.28 Å². The number of carbonyl (C=O) groups is 1. The highest BCUT2D eigenvalue weighted by Gasteiger charge is 2.41. The molecule has 1 aliphatic rings. The topological polar surface area (TPSA) is 67.3 Å². The normalized spacial score (nSPS) is 15.5. The van der Waals surface area contributed by atoms with Crippen molar-refractivity contribution in [2.45, 2.75) is 45.8 Å². The van der Waals surface area contributed by atoms with Gasteiger partial charge in [-0.25, -0.2) is 14.2 Å². The number of hydrogen-bond donors (Lipinski definition) is 1. The number of aromatic nitrogens is 2. The lowest BCUT2D eigenvalue weighted by Crippen LogP contribution is -2.62. The Hall–Kier alpha value is -1.67. The lowest BCUT2D eigenvalue weighted by molar-refractivity contribution is 0.0422. The zero-order valence-corrected chi connectivity index (χ0v) is 18.8. The highest BCUT2D eigenvalue weighted by Crippen LogP contribution is 2.36. The van der Waals surface area contributed by atoms with Crippen LogP contribution in [-0.2, 0) is 4.74 Å². The Labute approximate surface area is 176 Å². The van der Waals surface area contributed by atoms with Gasteiger partial charge in [-0.05, 0) is 74.3 Å². The minimum atomic E-state index is -0.555. The summed E-state index contributed by atoms with van der Waals surface area (Å²) >= 11 is 9.19. The second kappa shape index (κ2) is 7.30. The van der Waals surface area contributed by atoms with Crippen LogP contribution >= 0.6 is 27.5 Å². The van der Waals surface area contributed by atoms with Gasteiger partial charge in [-0.3, -0.25) is 0 Å². The first-order valence-corrected chi connectivity index (χ1v) is 10.1. The van der Waals surface area contributed by atoms with E-state index in [0.29, 0.717) is 28.8 Å². The molecule has 0 unspecified atom stereocenters. The molecule has 1 aromatic heterocycles. The van der Waals surface area contributed by atoms with E-state index >= 15 is 0 Å². The molecule has 2 aromatic rings. The lowest BCUT2D eigenvalue weighted by atomic mass is 9.81. The smallest absolute Gasteiger partial charge is 0.408 e. The summed E-state index contributed by atoms with van der Waals surface area (Å²) < 4.78 is 20.1. The predicted molar refractivity (Wildman–Crippen MR) is 111 cm³/mol. The molecule has 0 bridgehead atoms. The van der Waals surface area contributed by atoms with Gasteiger partial charge in [0.1, 0.15) is 16.9 Å². The molecule has 1 N–H and O–H groups in total. The van der Waals surface area contributed by atoms with E-state index in [2.05, 4.69) is 31.2 Å². The van der Waals surface area contributed by atoms with Crippen molar-refractivity contribution >= 4 is 50.3 Å². The molecule has 0 saturated carbocycles. The van der Waals surface area contributed by atoms with Crippen LogP contribution in [0, 0.1) is 11.7 Å². The van der Waals surface area contributed by atoms with Crippen LogP contribution in [-0.4, -0.2) is 40.3 Å². The van der Waals surface area contributed by atoms with Crippen molar-refractivity contribution in [1.82, 2.24) is 15.3 Å². The Morgan fingerprint density at radius 1 is 1.29 bits per heavy atom. The molecule has 2 heterocycles. The Morgan fingerprint density at radius 2 is 1.93 bits per heavy atom. The molecule has 1 amide bonds. The summed E-state index contributed by atoms with van der Waals surface area (Å²) in [5, 5.41) is 3.53. The molecular weight excluding hydrogens is 451 g/mol. The van der Waals surface area contributed by atoms with Gasteiger partial charge >= 0.3 is 6.09 Å². The van der Waals surface area contributed by atoms with Crippen LogP contribution < -0.4 is 10.2 Å². The summed E-state index contributed by atoms with van der Waals surface area (Å²) in [5.74, 6) is 0.293. The first-order valence-electron chi connectivity index (χ1n) is 8.95. The highest BCUT2D eigenvalue weighted by molar-refractivity contribution is 9.10. The lowest BCUT2D eigenvalue weighted by Gasteiger charge is -2.48. The van der Waals surface area contributed by atoms with E-state index in [4.69, 9.17) is 16.3 Å². The van der Waals surface area contributed by atoms with E-state index < -0.39 is 23.1 Å². The van der Waals surface area contributed by atoms with Crippen molar-refractivity contribution in [3.63, 3.8) is 0 Å². The minimum Gasteiger partial charge on any atom is -0.444 e. The summed E-state index contributed by atoms with van der Waals surface area (Å²) in [4.78, 5) is 22.5. The number of amides is 1. The van der Waals surface area contributed by atoms with Gasteiger partial charge in [0.05, 0.1) is 4.47 Å². The summed E-state index contributed by atoms with van der Waals surface area (Å²) in [5.41, 5.74) is -0.848. The van der Waals surface area contributed by atoms with E-state index in [9.17, 15) is 9.18 Å². The van der Waals surface area contributed by atoms with Crippen LogP contribution in [0.1, 0.15) is 34.6 Å². The first kappa shape index (κ1) is 21.0. The van der Waals surface area contributed by atoms with Crippen molar-refractivity contribution in [3.8, 4) is 0 Å². The Bertz CT molecular complexity index is 926. The molecule has 0 atom stereocenters. The molecule has 0 aliphatic carbocycles. The van der Waals surface area contributed by atoms with Crippen LogP contribution in [0.3, 0.4) is 0 Å². The molecule has 152 valence electrons. The van der Waals surface area contributed by atoms with E-state index in [1.165, 1.54) is 0 Å². The van der Waals surface area contributed by atoms with Crippen molar-refractivity contribution < 1.29 is 13.9 Å². The first-order chi connectivity index (χ1) is 12.9. The molecular formula is C19H23BrClFN4O2. The Kier molecular flexibility index (Phi) is 5.49. The molecule has 28 heavy (non-hydrogen) atoms. The van der Waals surface area contributed by atoms with Crippen LogP contribution in [0.25, 0.3) is 10.9 Å². The van der Waals surface area contributed by atoms with Crippen LogP contribution in [0.4, 0.5) is 15.0 Å². The molecule has 0 radical (unpaired) electrons. The molecule has 1 saturated heterocycles. The number of benzene rings is 1. The molecule has 6 nitrogen and oxygen atoms in total.